The van der Waals surface area contributed by atoms with E-state index in [0.717, 1.165) is 5.69 Å². The van der Waals surface area contributed by atoms with E-state index in [0.29, 0.717) is 11.4 Å². The number of sulfonamides is 1. The van der Waals surface area contributed by atoms with Crippen LogP contribution < -0.4 is 15.8 Å². The molecule has 0 fully saturated rings. The number of hydrogen-bond acceptors (Lipinski definition) is 4. The Morgan fingerprint density at radius 2 is 1.63 bits per heavy atom. The van der Waals surface area contributed by atoms with Crippen molar-refractivity contribution < 1.29 is 8.42 Å². The summed E-state index contributed by atoms with van der Waals surface area (Å²) in [6.45, 7) is 0. The molecule has 6 heteroatoms. The van der Waals surface area contributed by atoms with E-state index in [1.165, 1.54) is 7.05 Å². The lowest BCUT2D eigenvalue weighted by Crippen LogP contribution is -2.19. The lowest BCUT2D eigenvalue weighted by Gasteiger charge is -2.12. The van der Waals surface area contributed by atoms with Crippen LogP contribution in [0.1, 0.15) is 0 Å². The van der Waals surface area contributed by atoms with Crippen LogP contribution in [-0.4, -0.2) is 15.5 Å². The average Bonchev–Trinajstić information content (AvgIpc) is 2.42. The molecule has 0 aliphatic rings. The third-order valence-corrected chi connectivity index (χ3v) is 4.11. The topological polar surface area (TPSA) is 84.2 Å². The molecule has 2 rings (SSSR count). The van der Waals surface area contributed by atoms with Crippen molar-refractivity contribution in [3.05, 3.63) is 48.5 Å². The maximum Gasteiger partial charge on any atom is 0.242 e. The largest absolute Gasteiger partial charge is 0.399 e. The summed E-state index contributed by atoms with van der Waals surface area (Å²) >= 11 is 0. The van der Waals surface area contributed by atoms with Gasteiger partial charge in [-0.2, -0.15) is 0 Å². The second-order valence-corrected chi connectivity index (χ2v) is 5.81. The van der Waals surface area contributed by atoms with Crippen LogP contribution in [0.5, 0.6) is 0 Å². The van der Waals surface area contributed by atoms with Gasteiger partial charge in [0.15, 0.2) is 0 Å². The van der Waals surface area contributed by atoms with Crippen LogP contribution in [0.25, 0.3) is 0 Å². The van der Waals surface area contributed by atoms with Gasteiger partial charge in [-0.3, -0.25) is 0 Å². The minimum atomic E-state index is -3.49. The molecule has 2 aromatic carbocycles. The Kier molecular flexibility index (Phi) is 3.73. The van der Waals surface area contributed by atoms with Crippen molar-refractivity contribution >= 4 is 27.1 Å². The lowest BCUT2D eigenvalue weighted by molar-refractivity contribution is 0.588. The van der Waals surface area contributed by atoms with Gasteiger partial charge in [0.25, 0.3) is 0 Å². The molecule has 0 unspecified atom stereocenters. The number of benzene rings is 2. The van der Waals surface area contributed by atoms with Crippen LogP contribution in [-0.2, 0) is 10.0 Å². The predicted octanol–water partition coefficient (Wildman–Crippen LogP) is 1.92. The second kappa shape index (κ2) is 5.29. The molecular weight excluding hydrogens is 262 g/mol. The molecule has 5 nitrogen and oxygen atoms in total. The Morgan fingerprint density at radius 1 is 1.00 bits per heavy atom. The fourth-order valence-electron chi connectivity index (χ4n) is 1.64. The number of rotatable bonds is 4. The Balaban J connectivity index is 2.38. The molecule has 100 valence electrons. The maximum absolute atomic E-state index is 11.9. The van der Waals surface area contributed by atoms with Gasteiger partial charge >= 0.3 is 0 Å². The molecule has 0 radical (unpaired) electrons. The van der Waals surface area contributed by atoms with Gasteiger partial charge in [0.1, 0.15) is 4.90 Å². The molecule has 0 aliphatic heterocycles. The molecule has 0 aromatic heterocycles. The summed E-state index contributed by atoms with van der Waals surface area (Å²) in [6, 6.07) is 13.8. The van der Waals surface area contributed by atoms with Crippen molar-refractivity contribution in [3.8, 4) is 0 Å². The SMILES string of the molecule is CNS(=O)(=O)c1ccccc1Nc1ccc(N)cc1. The summed E-state index contributed by atoms with van der Waals surface area (Å²) < 4.78 is 26.1. The van der Waals surface area contributed by atoms with Crippen LogP contribution in [0, 0.1) is 0 Å². The van der Waals surface area contributed by atoms with Crippen molar-refractivity contribution in [1.29, 1.82) is 0 Å². The summed E-state index contributed by atoms with van der Waals surface area (Å²) in [4.78, 5) is 0.203. The zero-order valence-corrected chi connectivity index (χ0v) is 11.2. The van der Waals surface area contributed by atoms with Gasteiger partial charge in [-0.15, -0.1) is 0 Å². The highest BCUT2D eigenvalue weighted by atomic mass is 32.2. The highest BCUT2D eigenvalue weighted by molar-refractivity contribution is 7.89. The zero-order chi connectivity index (χ0) is 13.9. The van der Waals surface area contributed by atoms with Crippen LogP contribution in [0.3, 0.4) is 0 Å². The van der Waals surface area contributed by atoms with Crippen molar-refractivity contribution in [2.75, 3.05) is 18.1 Å². The first-order chi connectivity index (χ1) is 9.03. The zero-order valence-electron chi connectivity index (χ0n) is 10.4. The molecule has 2 aromatic rings. The summed E-state index contributed by atoms with van der Waals surface area (Å²) in [5.41, 5.74) is 7.55. The van der Waals surface area contributed by atoms with Gasteiger partial charge in [0, 0.05) is 11.4 Å². The van der Waals surface area contributed by atoms with E-state index in [-0.39, 0.29) is 4.90 Å². The molecule has 0 bridgehead atoms. The summed E-state index contributed by atoms with van der Waals surface area (Å²) in [6.07, 6.45) is 0. The quantitative estimate of drug-likeness (QED) is 0.745. The maximum atomic E-state index is 11.9. The molecule has 0 atom stereocenters. The minimum absolute atomic E-state index is 0.203. The number of hydrogen-bond donors (Lipinski definition) is 3. The van der Waals surface area contributed by atoms with Crippen LogP contribution in [0.2, 0.25) is 0 Å². The highest BCUT2D eigenvalue weighted by Crippen LogP contribution is 2.24. The minimum Gasteiger partial charge on any atom is -0.399 e. The Labute approximate surface area is 112 Å². The van der Waals surface area contributed by atoms with Crippen LogP contribution in [0.4, 0.5) is 17.1 Å². The van der Waals surface area contributed by atoms with E-state index in [2.05, 4.69) is 10.0 Å². The first-order valence-electron chi connectivity index (χ1n) is 5.68. The van der Waals surface area contributed by atoms with Gasteiger partial charge in [0.2, 0.25) is 10.0 Å². The van der Waals surface area contributed by atoms with E-state index in [1.54, 1.807) is 48.5 Å². The van der Waals surface area contributed by atoms with Gasteiger partial charge in [-0.1, -0.05) is 12.1 Å². The molecule has 0 spiro atoms. The predicted molar refractivity (Wildman–Crippen MR) is 76.8 cm³/mol. The number of anilines is 3. The molecule has 4 N–H and O–H groups in total. The first kappa shape index (κ1) is 13.4. The fourth-order valence-corrected chi connectivity index (χ4v) is 2.52. The summed E-state index contributed by atoms with van der Waals surface area (Å²) in [5, 5.41) is 3.07. The lowest BCUT2D eigenvalue weighted by atomic mass is 10.2. The molecule has 0 saturated heterocycles. The molecular formula is C13H15N3O2S. The molecule has 0 saturated carbocycles. The van der Waals surface area contributed by atoms with E-state index in [1.807, 2.05) is 0 Å². The monoisotopic (exact) mass is 277 g/mol. The molecule has 19 heavy (non-hydrogen) atoms. The Bertz CT molecular complexity index is 667. The standard InChI is InChI=1S/C13H15N3O2S/c1-15-19(17,18)13-5-3-2-4-12(13)16-11-8-6-10(14)7-9-11/h2-9,15-16H,14H2,1H3. The van der Waals surface area contributed by atoms with E-state index in [9.17, 15) is 8.42 Å². The number of nitrogens with one attached hydrogen (secondary N) is 2. The summed E-state index contributed by atoms with van der Waals surface area (Å²) in [7, 11) is -2.11. The van der Waals surface area contributed by atoms with E-state index in [4.69, 9.17) is 5.73 Å². The third kappa shape index (κ3) is 3.04. The van der Waals surface area contributed by atoms with Gasteiger partial charge in [-0.25, -0.2) is 13.1 Å². The summed E-state index contributed by atoms with van der Waals surface area (Å²) in [5.74, 6) is 0. The normalized spacial score (nSPS) is 11.2. The Hall–Kier alpha value is -2.05. The van der Waals surface area contributed by atoms with Crippen molar-refractivity contribution in [2.24, 2.45) is 0 Å². The smallest absolute Gasteiger partial charge is 0.242 e. The number of nitrogens with two attached hydrogens (primary N) is 1. The van der Waals surface area contributed by atoms with Gasteiger partial charge < -0.3 is 11.1 Å². The van der Waals surface area contributed by atoms with Crippen LogP contribution >= 0.6 is 0 Å². The van der Waals surface area contributed by atoms with E-state index >= 15 is 0 Å². The average molecular weight is 277 g/mol. The third-order valence-electron chi connectivity index (χ3n) is 2.63. The van der Waals surface area contributed by atoms with E-state index < -0.39 is 10.0 Å². The fraction of sp³-hybridized carbons (Fsp3) is 0.0769. The molecule has 0 aliphatic carbocycles. The number of nitrogen functional groups attached to an aromatic ring is 1. The number of para-hydroxylation sites is 1. The molecule has 0 amide bonds. The van der Waals surface area contributed by atoms with Crippen molar-refractivity contribution in [3.63, 3.8) is 0 Å². The van der Waals surface area contributed by atoms with Gasteiger partial charge in [-0.05, 0) is 43.4 Å². The Morgan fingerprint density at radius 3 is 2.26 bits per heavy atom. The van der Waals surface area contributed by atoms with Crippen LogP contribution in [0.15, 0.2) is 53.4 Å². The first-order valence-corrected chi connectivity index (χ1v) is 7.16. The molecule has 0 heterocycles. The van der Waals surface area contributed by atoms with Crippen molar-refractivity contribution in [1.82, 2.24) is 4.72 Å². The van der Waals surface area contributed by atoms with Crippen molar-refractivity contribution in [2.45, 2.75) is 4.90 Å². The highest BCUT2D eigenvalue weighted by Gasteiger charge is 2.15. The second-order valence-electron chi connectivity index (χ2n) is 3.95. The van der Waals surface area contributed by atoms with Gasteiger partial charge in [0.05, 0.1) is 5.69 Å².